The molecule has 0 aliphatic carbocycles. The number of carbonyl (C=O) groups is 1. The second-order valence-corrected chi connectivity index (χ2v) is 9.24. The van der Waals surface area contributed by atoms with Gasteiger partial charge in [0.1, 0.15) is 12.4 Å². The van der Waals surface area contributed by atoms with Gasteiger partial charge < -0.3 is 9.64 Å². The lowest BCUT2D eigenvalue weighted by atomic mass is 9.93. The van der Waals surface area contributed by atoms with Gasteiger partial charge in [-0.15, -0.1) is 6.58 Å². The molecule has 1 N–H and O–H groups in total. The van der Waals surface area contributed by atoms with Gasteiger partial charge in [0.15, 0.2) is 0 Å². The van der Waals surface area contributed by atoms with E-state index in [2.05, 4.69) is 11.3 Å². The lowest BCUT2D eigenvalue weighted by molar-refractivity contribution is -0.127. The van der Waals surface area contributed by atoms with Gasteiger partial charge in [0.05, 0.1) is 21.7 Å². The van der Waals surface area contributed by atoms with E-state index in [-0.39, 0.29) is 17.4 Å². The molecule has 0 radical (unpaired) electrons. The molecule has 1 amide bonds. The van der Waals surface area contributed by atoms with E-state index in [0.29, 0.717) is 28.7 Å². The minimum atomic E-state index is -3.78. The van der Waals surface area contributed by atoms with Crippen LogP contribution in [0.4, 0.5) is 11.4 Å². The Hall–Kier alpha value is -2.51. The van der Waals surface area contributed by atoms with Gasteiger partial charge in [0, 0.05) is 17.6 Å². The van der Waals surface area contributed by atoms with Crippen molar-refractivity contribution in [3.05, 3.63) is 60.1 Å². The Balaban J connectivity index is 1.95. The van der Waals surface area contributed by atoms with Crippen LogP contribution in [-0.4, -0.2) is 27.5 Å². The van der Waals surface area contributed by atoms with Crippen molar-refractivity contribution in [1.29, 1.82) is 0 Å². The third kappa shape index (κ3) is 4.00. The first-order valence-electron chi connectivity index (χ1n) is 8.62. The molecular weight excluding hydrogens is 400 g/mol. The molecule has 1 aliphatic rings. The smallest absolute Gasteiger partial charge is 0.261 e. The number of hydrogen-bond acceptors (Lipinski definition) is 4. The molecule has 0 spiro atoms. The van der Waals surface area contributed by atoms with Crippen molar-refractivity contribution in [1.82, 2.24) is 0 Å². The van der Waals surface area contributed by atoms with Crippen molar-refractivity contribution in [2.75, 3.05) is 22.8 Å². The summed E-state index contributed by atoms with van der Waals surface area (Å²) in [7, 11) is -3.78. The molecule has 2 aromatic rings. The van der Waals surface area contributed by atoms with E-state index in [1.54, 1.807) is 29.2 Å². The number of anilines is 2. The molecule has 8 heteroatoms. The van der Waals surface area contributed by atoms with E-state index in [0.717, 1.165) is 0 Å². The van der Waals surface area contributed by atoms with E-state index in [9.17, 15) is 13.2 Å². The Morgan fingerprint density at radius 3 is 2.57 bits per heavy atom. The Bertz CT molecular complexity index is 1020. The summed E-state index contributed by atoms with van der Waals surface area (Å²) < 4.78 is 33.6. The van der Waals surface area contributed by atoms with Crippen LogP contribution in [0.3, 0.4) is 0 Å². The molecule has 1 heterocycles. The van der Waals surface area contributed by atoms with Gasteiger partial charge in [-0.2, -0.15) is 0 Å². The maximum absolute atomic E-state index is 12.8. The zero-order valence-corrected chi connectivity index (χ0v) is 17.2. The molecule has 0 fully saturated rings. The highest BCUT2D eigenvalue weighted by Crippen LogP contribution is 2.38. The Morgan fingerprint density at radius 1 is 1.25 bits per heavy atom. The first-order valence-corrected chi connectivity index (χ1v) is 10.5. The number of fused-ring (bicyclic) bond motifs is 1. The summed E-state index contributed by atoms with van der Waals surface area (Å²) in [6.07, 6.45) is 1.64. The first kappa shape index (κ1) is 20.2. The zero-order valence-electron chi connectivity index (χ0n) is 15.6. The number of hydrogen-bond donors (Lipinski definition) is 1. The predicted octanol–water partition coefficient (Wildman–Crippen LogP) is 4.08. The van der Waals surface area contributed by atoms with Gasteiger partial charge >= 0.3 is 0 Å². The number of benzene rings is 2. The first-order chi connectivity index (χ1) is 13.1. The van der Waals surface area contributed by atoms with Crippen molar-refractivity contribution in [3.8, 4) is 5.75 Å². The molecule has 148 valence electrons. The molecule has 2 aromatic carbocycles. The second kappa shape index (κ2) is 7.48. The topological polar surface area (TPSA) is 75.7 Å². The van der Waals surface area contributed by atoms with E-state index in [1.807, 2.05) is 13.8 Å². The summed E-state index contributed by atoms with van der Waals surface area (Å²) in [5, 5.41) is 0.451. The number of sulfonamides is 1. The number of amides is 1. The van der Waals surface area contributed by atoms with Crippen LogP contribution in [0.15, 0.2) is 60.0 Å². The molecule has 1 aliphatic heterocycles. The van der Waals surface area contributed by atoms with Crippen LogP contribution in [-0.2, 0) is 14.8 Å². The minimum Gasteiger partial charge on any atom is -0.490 e. The number of nitrogens with one attached hydrogen (secondary N) is 1. The maximum Gasteiger partial charge on any atom is 0.261 e. The Labute approximate surface area is 169 Å². The summed E-state index contributed by atoms with van der Waals surface area (Å²) in [5.74, 6) is 0.345. The molecule has 3 rings (SSSR count). The average Bonchev–Trinajstić information content (AvgIpc) is 2.72. The van der Waals surface area contributed by atoms with Crippen LogP contribution in [0.1, 0.15) is 13.8 Å². The molecule has 0 unspecified atom stereocenters. The van der Waals surface area contributed by atoms with Gasteiger partial charge in [-0.25, -0.2) is 8.42 Å². The largest absolute Gasteiger partial charge is 0.490 e. The quantitative estimate of drug-likeness (QED) is 0.739. The van der Waals surface area contributed by atoms with E-state index in [1.165, 1.54) is 24.3 Å². The van der Waals surface area contributed by atoms with Gasteiger partial charge in [-0.1, -0.05) is 17.7 Å². The highest BCUT2D eigenvalue weighted by molar-refractivity contribution is 7.92. The number of nitrogens with zero attached hydrogens (tertiary/aromatic N) is 1. The van der Waals surface area contributed by atoms with E-state index < -0.39 is 15.4 Å². The number of rotatable bonds is 5. The van der Waals surface area contributed by atoms with Crippen LogP contribution in [0.5, 0.6) is 5.75 Å². The maximum atomic E-state index is 12.8. The van der Waals surface area contributed by atoms with Crippen LogP contribution < -0.4 is 14.4 Å². The third-order valence-corrected chi connectivity index (χ3v) is 6.00. The van der Waals surface area contributed by atoms with Crippen LogP contribution >= 0.6 is 11.6 Å². The summed E-state index contributed by atoms with van der Waals surface area (Å²) in [4.78, 5) is 14.5. The van der Waals surface area contributed by atoms with Crippen molar-refractivity contribution < 1.29 is 17.9 Å². The number of carbonyl (C=O) groups excluding carboxylic acids is 1. The summed E-state index contributed by atoms with van der Waals surface area (Å²) in [5.41, 5.74) is 0.190. The molecule has 6 nitrogen and oxygen atoms in total. The fourth-order valence-corrected chi connectivity index (χ4v) is 4.02. The van der Waals surface area contributed by atoms with Gasteiger partial charge in [0.25, 0.3) is 10.0 Å². The average molecular weight is 421 g/mol. The van der Waals surface area contributed by atoms with Crippen LogP contribution in [0.25, 0.3) is 0 Å². The van der Waals surface area contributed by atoms with Crippen molar-refractivity contribution >= 4 is 38.9 Å². The van der Waals surface area contributed by atoms with Crippen LogP contribution in [0, 0.1) is 5.41 Å². The van der Waals surface area contributed by atoms with E-state index in [4.69, 9.17) is 16.3 Å². The lowest BCUT2D eigenvalue weighted by Crippen LogP contribution is -2.42. The predicted molar refractivity (Wildman–Crippen MR) is 111 cm³/mol. The summed E-state index contributed by atoms with van der Waals surface area (Å²) in [6.45, 7) is 7.83. The Kier molecular flexibility index (Phi) is 5.41. The molecule has 0 saturated carbocycles. The standard InChI is InChI=1S/C20H21ClN2O4S/c1-4-11-23-17-10-7-15(12-18(17)27-13-20(2,3)19(23)24)22-28(25,26)16-8-5-14(21)6-9-16/h4-10,12,22H,1,11,13H2,2-3H3. The SMILES string of the molecule is C=CCN1C(=O)C(C)(C)COc2cc(NS(=O)(=O)c3ccc(Cl)cc3)ccc21. The fourth-order valence-electron chi connectivity index (χ4n) is 2.85. The van der Waals surface area contributed by atoms with Crippen molar-refractivity contribution in [3.63, 3.8) is 0 Å². The monoisotopic (exact) mass is 420 g/mol. The molecule has 0 saturated heterocycles. The van der Waals surface area contributed by atoms with Gasteiger partial charge in [-0.3, -0.25) is 9.52 Å². The Morgan fingerprint density at radius 2 is 1.93 bits per heavy atom. The number of ether oxygens (including phenoxy) is 1. The normalized spacial score (nSPS) is 16.0. The van der Waals surface area contributed by atoms with Gasteiger partial charge in [0.2, 0.25) is 5.91 Å². The second-order valence-electron chi connectivity index (χ2n) is 7.12. The number of halogens is 1. The molecule has 0 aromatic heterocycles. The molecule has 0 atom stereocenters. The summed E-state index contributed by atoms with van der Waals surface area (Å²) >= 11 is 5.82. The lowest BCUT2D eigenvalue weighted by Gasteiger charge is -2.27. The molecule has 28 heavy (non-hydrogen) atoms. The minimum absolute atomic E-state index is 0.0827. The summed E-state index contributed by atoms with van der Waals surface area (Å²) in [6, 6.07) is 10.7. The van der Waals surface area contributed by atoms with Gasteiger partial charge in [-0.05, 0) is 50.2 Å². The highest BCUT2D eigenvalue weighted by Gasteiger charge is 2.37. The van der Waals surface area contributed by atoms with E-state index >= 15 is 0 Å². The fraction of sp³-hybridized carbons (Fsp3) is 0.250. The van der Waals surface area contributed by atoms with Crippen LogP contribution in [0.2, 0.25) is 5.02 Å². The molecular formula is C20H21ClN2O4S. The van der Waals surface area contributed by atoms with Crippen molar-refractivity contribution in [2.45, 2.75) is 18.7 Å². The molecule has 0 bridgehead atoms. The zero-order chi connectivity index (χ0) is 20.5. The highest BCUT2D eigenvalue weighted by atomic mass is 35.5. The van der Waals surface area contributed by atoms with Crippen molar-refractivity contribution in [2.24, 2.45) is 5.41 Å². The third-order valence-electron chi connectivity index (χ3n) is 4.35.